The molecule has 0 amide bonds. The average Bonchev–Trinajstić information content (AvgIpc) is 3.02. The minimum absolute atomic E-state index is 0.619. The first-order chi connectivity index (χ1) is 19.1. The number of halogens is 1. The van der Waals surface area contributed by atoms with Crippen molar-refractivity contribution in [1.29, 1.82) is 0 Å². The number of hydrogen-bond acceptors (Lipinski definition) is 1. The van der Waals surface area contributed by atoms with E-state index >= 15 is 0 Å². The van der Waals surface area contributed by atoms with E-state index in [1.807, 2.05) is 97.1 Å². The van der Waals surface area contributed by atoms with E-state index < -0.39 is 6.49 Å². The highest BCUT2D eigenvalue weighted by Crippen LogP contribution is 2.51. The molecule has 0 radical (unpaired) electrons. The summed E-state index contributed by atoms with van der Waals surface area (Å²) in [5.41, 5.74) is 8.14. The monoisotopic (exact) mass is 540 g/mol. The molecule has 0 aromatic heterocycles. The first-order valence-electron chi connectivity index (χ1n) is 12.9. The van der Waals surface area contributed by atoms with Crippen molar-refractivity contribution in [1.82, 2.24) is 0 Å². The molecule has 0 atom stereocenters. The van der Waals surface area contributed by atoms with Gasteiger partial charge in [-0.3, -0.25) is 4.57 Å². The van der Waals surface area contributed by atoms with Crippen LogP contribution in [0.25, 0.3) is 44.5 Å². The summed E-state index contributed by atoms with van der Waals surface area (Å²) in [6.07, 6.45) is 0. The lowest BCUT2D eigenvalue weighted by Crippen LogP contribution is -2.14. The first kappa shape index (κ1) is 25.1. The van der Waals surface area contributed by atoms with Gasteiger partial charge >= 0.3 is 0 Å². The summed E-state index contributed by atoms with van der Waals surface area (Å²) in [6, 6.07) is 52.8. The van der Waals surface area contributed by atoms with Gasteiger partial charge in [0.05, 0.1) is 0 Å². The molecule has 6 rings (SSSR count). The molecule has 188 valence electrons. The van der Waals surface area contributed by atoms with Gasteiger partial charge in [0.2, 0.25) is 6.49 Å². The highest BCUT2D eigenvalue weighted by Gasteiger charge is 2.27. The third-order valence-electron chi connectivity index (χ3n) is 6.93. The molecule has 39 heavy (non-hydrogen) atoms. The summed E-state index contributed by atoms with van der Waals surface area (Å²) >= 11 is 7.18. The molecule has 0 bridgehead atoms. The summed E-state index contributed by atoms with van der Waals surface area (Å²) in [6.45, 7) is -3.51. The van der Waals surface area contributed by atoms with Crippen LogP contribution < -0.4 is 10.6 Å². The summed E-state index contributed by atoms with van der Waals surface area (Å²) in [7, 11) is 0. The third-order valence-corrected chi connectivity index (χ3v) is 9.94. The fourth-order valence-corrected chi connectivity index (χ4v) is 7.00. The van der Waals surface area contributed by atoms with E-state index in [-0.39, 0.29) is 0 Å². The number of hydrogen-bond donors (Lipinski definition) is 0. The summed E-state index contributed by atoms with van der Waals surface area (Å²) in [5.74, 6) is 0. The van der Waals surface area contributed by atoms with Crippen LogP contribution in [0.4, 0.5) is 0 Å². The Morgan fingerprint density at radius 3 is 0.795 bits per heavy atom. The highest BCUT2D eigenvalue weighted by atomic mass is 35.7. The van der Waals surface area contributed by atoms with Gasteiger partial charge in [-0.1, -0.05) is 121 Å². The Balaban J connectivity index is 1.56. The van der Waals surface area contributed by atoms with E-state index in [2.05, 4.69) is 60.7 Å². The van der Waals surface area contributed by atoms with Crippen LogP contribution in [-0.4, -0.2) is 0 Å². The Hall–Kier alpha value is -4.16. The molecule has 0 aliphatic heterocycles. The van der Waals surface area contributed by atoms with Crippen molar-refractivity contribution < 1.29 is 4.57 Å². The largest absolute Gasteiger partial charge is 0.296 e. The van der Waals surface area contributed by atoms with Crippen LogP contribution in [0.1, 0.15) is 0 Å². The molecule has 0 aliphatic rings. The van der Waals surface area contributed by atoms with E-state index in [0.717, 1.165) is 44.5 Å². The fourth-order valence-electron chi connectivity index (χ4n) is 4.89. The maximum atomic E-state index is 14.7. The zero-order chi connectivity index (χ0) is 26.7. The summed E-state index contributed by atoms with van der Waals surface area (Å²) < 4.78 is 14.7. The molecular weight excluding hydrogens is 515 g/mol. The van der Waals surface area contributed by atoms with Gasteiger partial charge in [-0.15, -0.1) is 0 Å². The molecular formula is C36H26ClOP. The van der Waals surface area contributed by atoms with Gasteiger partial charge in [0.25, 0.3) is 0 Å². The van der Waals surface area contributed by atoms with Crippen molar-refractivity contribution in [2.75, 3.05) is 0 Å². The average molecular weight is 541 g/mol. The minimum atomic E-state index is -3.51. The predicted molar refractivity (Wildman–Crippen MR) is 167 cm³/mol. The molecule has 6 aromatic carbocycles. The van der Waals surface area contributed by atoms with Crippen molar-refractivity contribution in [3.63, 3.8) is 0 Å². The van der Waals surface area contributed by atoms with Gasteiger partial charge in [0.15, 0.2) is 0 Å². The predicted octanol–water partition coefficient (Wildman–Crippen LogP) is 9.82. The van der Waals surface area contributed by atoms with Gasteiger partial charge in [-0.2, -0.15) is 0 Å². The van der Waals surface area contributed by atoms with E-state index in [9.17, 15) is 4.57 Å². The molecule has 0 unspecified atom stereocenters. The zero-order valence-corrected chi connectivity index (χ0v) is 22.9. The Labute approximate surface area is 234 Å². The molecule has 1 nitrogen and oxygen atoms in total. The van der Waals surface area contributed by atoms with Gasteiger partial charge in [-0.05, 0) is 92.1 Å². The molecule has 0 fully saturated rings. The van der Waals surface area contributed by atoms with Crippen molar-refractivity contribution >= 4 is 28.3 Å². The van der Waals surface area contributed by atoms with E-state index in [0.29, 0.717) is 10.6 Å². The molecule has 0 heterocycles. The second-order valence-corrected chi connectivity index (χ2v) is 13.1. The Morgan fingerprint density at radius 1 is 0.333 bits per heavy atom. The normalized spacial score (nSPS) is 11.3. The topological polar surface area (TPSA) is 17.1 Å². The summed E-state index contributed by atoms with van der Waals surface area (Å²) in [4.78, 5) is 0. The standard InChI is InChI=1S/C36H26ClOP/c37-39(38,35-23-31(27-13-5-1-6-14-27)21-32(24-35)28-15-7-2-8-16-28)36-25-33(29-17-9-3-10-18-29)22-34(26-36)30-19-11-4-12-20-30/h1-26H. The molecule has 0 saturated heterocycles. The second kappa shape index (κ2) is 10.9. The van der Waals surface area contributed by atoms with Gasteiger partial charge in [0.1, 0.15) is 0 Å². The van der Waals surface area contributed by atoms with Crippen LogP contribution in [0.5, 0.6) is 0 Å². The maximum Gasteiger partial charge on any atom is 0.225 e. The third kappa shape index (κ3) is 5.38. The van der Waals surface area contributed by atoms with Crippen LogP contribution >= 0.6 is 17.7 Å². The van der Waals surface area contributed by atoms with Crippen LogP contribution in [0, 0.1) is 0 Å². The molecule has 0 aliphatic carbocycles. The molecule has 0 N–H and O–H groups in total. The summed E-state index contributed by atoms with van der Waals surface area (Å²) in [5, 5.41) is 1.24. The van der Waals surface area contributed by atoms with Crippen LogP contribution in [0.3, 0.4) is 0 Å². The molecule has 0 saturated carbocycles. The molecule has 3 heteroatoms. The second-order valence-electron chi connectivity index (χ2n) is 9.53. The Kier molecular flexibility index (Phi) is 7.03. The number of benzene rings is 6. The highest BCUT2D eigenvalue weighted by molar-refractivity contribution is 8.00. The van der Waals surface area contributed by atoms with E-state index in [4.69, 9.17) is 11.2 Å². The van der Waals surface area contributed by atoms with Crippen LogP contribution in [-0.2, 0) is 4.57 Å². The lowest BCUT2D eigenvalue weighted by molar-refractivity contribution is 0.595. The molecule has 0 spiro atoms. The number of rotatable bonds is 6. The Morgan fingerprint density at radius 2 is 0.564 bits per heavy atom. The SMILES string of the molecule is O=P(Cl)(c1cc(-c2ccccc2)cc(-c2ccccc2)c1)c1cc(-c2ccccc2)cc(-c2ccccc2)c1. The van der Waals surface area contributed by atoms with Crippen molar-refractivity contribution in [2.24, 2.45) is 0 Å². The minimum Gasteiger partial charge on any atom is -0.296 e. The fraction of sp³-hybridized carbons (Fsp3) is 0. The van der Waals surface area contributed by atoms with Crippen LogP contribution in [0.2, 0.25) is 0 Å². The molecule has 6 aromatic rings. The van der Waals surface area contributed by atoms with Crippen molar-refractivity contribution in [3.05, 3.63) is 158 Å². The first-order valence-corrected chi connectivity index (χ1v) is 15.5. The Bertz CT molecular complexity index is 1520. The van der Waals surface area contributed by atoms with Crippen molar-refractivity contribution in [2.45, 2.75) is 0 Å². The lowest BCUT2D eigenvalue weighted by Gasteiger charge is -2.18. The van der Waals surface area contributed by atoms with Gasteiger partial charge in [-0.25, -0.2) is 0 Å². The quantitative estimate of drug-likeness (QED) is 0.192. The van der Waals surface area contributed by atoms with E-state index in [1.54, 1.807) is 0 Å². The van der Waals surface area contributed by atoms with Crippen LogP contribution in [0.15, 0.2) is 158 Å². The van der Waals surface area contributed by atoms with Gasteiger partial charge in [0, 0.05) is 10.6 Å². The van der Waals surface area contributed by atoms with Gasteiger partial charge < -0.3 is 0 Å². The zero-order valence-electron chi connectivity index (χ0n) is 21.2. The van der Waals surface area contributed by atoms with E-state index in [1.165, 1.54) is 0 Å². The van der Waals surface area contributed by atoms with Crippen molar-refractivity contribution in [3.8, 4) is 44.5 Å². The lowest BCUT2D eigenvalue weighted by atomic mass is 9.99. The smallest absolute Gasteiger partial charge is 0.225 e. The maximum absolute atomic E-state index is 14.7.